The molecule has 24 heavy (non-hydrogen) atoms. The van der Waals surface area contributed by atoms with E-state index in [2.05, 4.69) is 10.2 Å². The quantitative estimate of drug-likeness (QED) is 0.851. The summed E-state index contributed by atoms with van der Waals surface area (Å²) in [4.78, 5) is 14.0. The lowest BCUT2D eigenvalue weighted by Crippen LogP contribution is -2.62. The molecule has 0 unspecified atom stereocenters. The van der Waals surface area contributed by atoms with Crippen LogP contribution >= 0.6 is 11.6 Å². The normalized spacial score (nSPS) is 27.0. The van der Waals surface area contributed by atoms with Gasteiger partial charge in [-0.05, 0) is 32.0 Å². The third kappa shape index (κ3) is 3.18. The average Bonchev–Trinajstić information content (AvgIpc) is 2.73. The molecule has 2 aliphatic heterocycles. The lowest BCUT2D eigenvalue weighted by molar-refractivity contribution is -0.121. The fraction of sp³-hybridized carbons (Fsp3) is 0.562. The zero-order chi connectivity index (χ0) is 17.4. The van der Waals surface area contributed by atoms with Gasteiger partial charge in [-0.25, -0.2) is 8.42 Å². The van der Waals surface area contributed by atoms with Crippen molar-refractivity contribution in [1.29, 1.82) is 0 Å². The maximum absolute atomic E-state index is 13.0. The fourth-order valence-corrected chi connectivity index (χ4v) is 5.56. The van der Waals surface area contributed by atoms with Crippen LogP contribution in [0.4, 0.5) is 0 Å². The van der Waals surface area contributed by atoms with Crippen molar-refractivity contribution in [2.45, 2.75) is 29.7 Å². The number of sulfonamides is 1. The summed E-state index contributed by atoms with van der Waals surface area (Å²) < 4.78 is 27.6. The second-order valence-corrected chi connectivity index (χ2v) is 8.83. The summed E-state index contributed by atoms with van der Waals surface area (Å²) in [6.45, 7) is 2.01. The Morgan fingerprint density at radius 2 is 1.96 bits per heavy atom. The lowest BCUT2D eigenvalue weighted by atomic mass is 9.87. The van der Waals surface area contributed by atoms with Crippen molar-refractivity contribution in [1.82, 2.24) is 14.5 Å². The second-order valence-electron chi connectivity index (χ2n) is 6.51. The highest BCUT2D eigenvalue weighted by molar-refractivity contribution is 7.89. The van der Waals surface area contributed by atoms with Gasteiger partial charge in [0.15, 0.2) is 0 Å². The largest absolute Gasteiger partial charge is 0.356 e. The van der Waals surface area contributed by atoms with Gasteiger partial charge in [0.1, 0.15) is 4.90 Å². The molecule has 1 amide bonds. The second kappa shape index (κ2) is 6.63. The molecular formula is C16H22ClN3O3S. The molecule has 1 atom stereocenters. The third-order valence-corrected chi connectivity index (χ3v) is 7.49. The Morgan fingerprint density at radius 1 is 1.21 bits per heavy atom. The molecule has 1 aromatic rings. The van der Waals surface area contributed by atoms with Gasteiger partial charge in [0.2, 0.25) is 15.9 Å². The van der Waals surface area contributed by atoms with Gasteiger partial charge in [0.25, 0.3) is 0 Å². The van der Waals surface area contributed by atoms with Gasteiger partial charge in [-0.1, -0.05) is 23.7 Å². The summed E-state index contributed by atoms with van der Waals surface area (Å²) in [5.74, 6) is 0.0337. The number of hydrogen-bond acceptors (Lipinski definition) is 4. The van der Waals surface area contributed by atoms with E-state index in [0.29, 0.717) is 39.0 Å². The molecule has 6 nitrogen and oxygen atoms in total. The Morgan fingerprint density at radius 3 is 2.71 bits per heavy atom. The minimum atomic E-state index is -3.65. The van der Waals surface area contributed by atoms with E-state index < -0.39 is 10.0 Å². The van der Waals surface area contributed by atoms with E-state index in [0.717, 1.165) is 6.42 Å². The van der Waals surface area contributed by atoms with Crippen molar-refractivity contribution < 1.29 is 13.2 Å². The average molecular weight is 372 g/mol. The highest BCUT2D eigenvalue weighted by atomic mass is 35.5. The smallest absolute Gasteiger partial charge is 0.244 e. The number of hydrogen-bond donors (Lipinski definition) is 1. The maximum Gasteiger partial charge on any atom is 0.244 e. The Labute approximate surface area is 147 Å². The maximum atomic E-state index is 13.0. The van der Waals surface area contributed by atoms with Crippen molar-refractivity contribution in [3.05, 3.63) is 29.3 Å². The molecule has 2 aliphatic rings. The summed E-state index contributed by atoms with van der Waals surface area (Å²) in [6, 6.07) is 6.53. The van der Waals surface area contributed by atoms with E-state index in [4.69, 9.17) is 11.6 Å². The van der Waals surface area contributed by atoms with Crippen LogP contribution in [0.5, 0.6) is 0 Å². The molecule has 2 saturated heterocycles. The number of amides is 1. The van der Waals surface area contributed by atoms with Crippen LogP contribution in [0.15, 0.2) is 29.2 Å². The van der Waals surface area contributed by atoms with Gasteiger partial charge in [-0.3, -0.25) is 9.69 Å². The first kappa shape index (κ1) is 17.7. The minimum absolute atomic E-state index is 0.0337. The number of halogens is 1. The molecule has 0 bridgehead atoms. The van der Waals surface area contributed by atoms with Crippen molar-refractivity contribution >= 4 is 27.5 Å². The van der Waals surface area contributed by atoms with Crippen molar-refractivity contribution in [3.8, 4) is 0 Å². The van der Waals surface area contributed by atoms with Gasteiger partial charge in [0.05, 0.1) is 5.02 Å². The highest BCUT2D eigenvalue weighted by Gasteiger charge is 2.44. The molecule has 2 heterocycles. The van der Waals surface area contributed by atoms with Crippen LogP contribution in [0, 0.1) is 0 Å². The Bertz CT molecular complexity index is 740. The summed E-state index contributed by atoms with van der Waals surface area (Å²) in [5.41, 5.74) is -0.314. The summed E-state index contributed by atoms with van der Waals surface area (Å²) in [7, 11) is -1.64. The Balaban J connectivity index is 1.90. The van der Waals surface area contributed by atoms with Crippen LogP contribution in [0.1, 0.15) is 19.3 Å². The molecule has 1 aromatic carbocycles. The number of carbonyl (C=O) groups is 1. The number of nitrogens with zero attached hydrogens (tertiary/aromatic N) is 2. The van der Waals surface area contributed by atoms with Crippen molar-refractivity contribution in [2.24, 2.45) is 0 Å². The van der Waals surface area contributed by atoms with Gasteiger partial charge in [0, 0.05) is 38.1 Å². The first-order chi connectivity index (χ1) is 11.3. The number of carbonyl (C=O) groups excluding carboxylic acids is 1. The summed E-state index contributed by atoms with van der Waals surface area (Å²) in [5, 5.41) is 3.12. The van der Waals surface area contributed by atoms with Crippen LogP contribution < -0.4 is 5.32 Å². The van der Waals surface area contributed by atoms with Gasteiger partial charge in [-0.15, -0.1) is 0 Å². The minimum Gasteiger partial charge on any atom is -0.356 e. The van der Waals surface area contributed by atoms with E-state index in [1.54, 1.807) is 24.3 Å². The third-order valence-electron chi connectivity index (χ3n) is 5.15. The molecule has 0 saturated carbocycles. The van der Waals surface area contributed by atoms with Crippen LogP contribution in [-0.2, 0) is 14.8 Å². The van der Waals surface area contributed by atoms with E-state index in [-0.39, 0.29) is 21.4 Å². The van der Waals surface area contributed by atoms with E-state index >= 15 is 0 Å². The molecule has 0 aromatic heterocycles. The fourth-order valence-electron chi connectivity index (χ4n) is 3.56. The number of nitrogens with one attached hydrogen (secondary N) is 1. The number of piperazine rings is 1. The first-order valence-electron chi connectivity index (χ1n) is 8.08. The van der Waals surface area contributed by atoms with Crippen molar-refractivity contribution in [3.63, 3.8) is 0 Å². The predicted octanol–water partition coefficient (Wildman–Crippen LogP) is 1.31. The Kier molecular flexibility index (Phi) is 4.88. The highest BCUT2D eigenvalue weighted by Crippen LogP contribution is 2.34. The number of rotatable bonds is 2. The monoisotopic (exact) mass is 371 g/mol. The first-order valence-corrected chi connectivity index (χ1v) is 9.90. The van der Waals surface area contributed by atoms with Gasteiger partial charge in [-0.2, -0.15) is 4.31 Å². The molecule has 0 radical (unpaired) electrons. The van der Waals surface area contributed by atoms with Crippen LogP contribution in [-0.4, -0.2) is 62.3 Å². The standard InChI is InChI=1S/C16H22ClN3O3S/c1-19-10-11-20(12-16(19)7-6-15(21)18-9-8-16)24(22,23)14-5-3-2-4-13(14)17/h2-5H,6-12H2,1H3,(H,18,21)/t16-/m1/s1. The molecule has 132 valence electrons. The zero-order valence-corrected chi connectivity index (χ0v) is 15.2. The lowest BCUT2D eigenvalue weighted by Gasteiger charge is -2.48. The van der Waals surface area contributed by atoms with E-state index in [9.17, 15) is 13.2 Å². The molecule has 8 heteroatoms. The molecular weight excluding hydrogens is 350 g/mol. The van der Waals surface area contributed by atoms with E-state index in [1.807, 2.05) is 7.05 Å². The molecule has 2 fully saturated rings. The van der Waals surface area contributed by atoms with Crippen molar-refractivity contribution in [2.75, 3.05) is 33.2 Å². The van der Waals surface area contributed by atoms with Gasteiger partial charge >= 0.3 is 0 Å². The topological polar surface area (TPSA) is 69.7 Å². The summed E-state index contributed by atoms with van der Waals surface area (Å²) >= 11 is 6.11. The summed E-state index contributed by atoms with van der Waals surface area (Å²) in [6.07, 6.45) is 1.82. The van der Waals surface area contributed by atoms with Crippen LogP contribution in [0.3, 0.4) is 0 Å². The SMILES string of the molecule is CN1CCN(S(=O)(=O)c2ccccc2Cl)C[C@@]12CCNC(=O)CC2. The predicted molar refractivity (Wildman–Crippen MR) is 92.4 cm³/mol. The molecule has 3 rings (SSSR count). The molecule has 0 aliphatic carbocycles. The Hall–Kier alpha value is -1.15. The van der Waals surface area contributed by atoms with Gasteiger partial charge < -0.3 is 5.32 Å². The van der Waals surface area contributed by atoms with Crippen LogP contribution in [0.25, 0.3) is 0 Å². The zero-order valence-electron chi connectivity index (χ0n) is 13.7. The molecule has 1 N–H and O–H groups in total. The number of likely N-dealkylation sites (N-methyl/N-ethyl adjacent to an activating group) is 1. The van der Waals surface area contributed by atoms with E-state index in [1.165, 1.54) is 4.31 Å². The molecule has 1 spiro atoms. The number of benzene rings is 1. The van der Waals surface area contributed by atoms with Crippen LogP contribution in [0.2, 0.25) is 5.02 Å².